The Kier molecular flexibility index (Phi) is 9.63. The van der Waals surface area contributed by atoms with Crippen LogP contribution in [0.2, 0.25) is 0 Å². The standard InChI is InChI=1S/C63H46/c1-63(2)61-41-49(51-35-45(29-27-43-15-5-3-6-16-43)37-53(39-51)57-25-13-21-47-19-9-11-23-55(47)57)31-33-59(61)60-34-32-50(42-62(60)63)52-36-46(30-28-44-17-7-4-8-18-44)38-54(40-52)58-26-14-22-48-20-10-12-24-56(48)58/h3-42H,1-2H3/b29-27+,30-28+. The number of fused-ring (bicyclic) bond motifs is 5. The predicted molar refractivity (Wildman–Crippen MR) is 272 cm³/mol. The van der Waals surface area contributed by atoms with Crippen LogP contribution in [0, 0.1) is 0 Å². The summed E-state index contributed by atoms with van der Waals surface area (Å²) in [7, 11) is 0. The molecule has 0 radical (unpaired) electrons. The van der Waals surface area contributed by atoms with Crippen molar-refractivity contribution in [3.8, 4) is 55.6 Å². The Morgan fingerprint density at radius 2 is 0.651 bits per heavy atom. The molecule has 0 atom stereocenters. The highest BCUT2D eigenvalue weighted by molar-refractivity contribution is 5.99. The lowest BCUT2D eigenvalue weighted by Gasteiger charge is -2.23. The molecule has 1 aliphatic rings. The molecule has 0 aromatic heterocycles. The summed E-state index contributed by atoms with van der Waals surface area (Å²) < 4.78 is 0. The van der Waals surface area contributed by atoms with Gasteiger partial charge in [-0.3, -0.25) is 0 Å². The van der Waals surface area contributed by atoms with Gasteiger partial charge in [-0.15, -0.1) is 0 Å². The van der Waals surface area contributed by atoms with Crippen LogP contribution in [0.15, 0.2) is 218 Å². The fourth-order valence-corrected chi connectivity index (χ4v) is 9.70. The van der Waals surface area contributed by atoms with E-state index < -0.39 is 0 Å². The average molecular weight is 803 g/mol. The normalized spacial score (nSPS) is 12.9. The molecule has 11 rings (SSSR count). The summed E-state index contributed by atoms with van der Waals surface area (Å²) >= 11 is 0. The first-order valence-corrected chi connectivity index (χ1v) is 22.0. The van der Waals surface area contributed by atoms with Crippen molar-refractivity contribution in [1.82, 2.24) is 0 Å². The maximum atomic E-state index is 2.45. The van der Waals surface area contributed by atoms with E-state index in [2.05, 4.69) is 257 Å². The minimum atomic E-state index is -0.205. The molecule has 63 heavy (non-hydrogen) atoms. The molecular weight excluding hydrogens is 757 g/mol. The lowest BCUT2D eigenvalue weighted by Crippen LogP contribution is -2.15. The third kappa shape index (κ3) is 7.30. The van der Waals surface area contributed by atoms with Gasteiger partial charge in [0.05, 0.1) is 0 Å². The van der Waals surface area contributed by atoms with Crippen LogP contribution in [-0.4, -0.2) is 0 Å². The molecular formula is C63H46. The third-order valence-electron chi connectivity index (χ3n) is 13.0. The zero-order valence-electron chi connectivity index (χ0n) is 35.6. The Bertz CT molecular complexity index is 3160. The number of rotatable bonds is 8. The zero-order chi connectivity index (χ0) is 42.3. The molecule has 0 N–H and O–H groups in total. The first-order valence-electron chi connectivity index (χ1n) is 22.0. The van der Waals surface area contributed by atoms with Crippen LogP contribution in [-0.2, 0) is 5.41 Å². The van der Waals surface area contributed by atoms with Crippen molar-refractivity contribution in [3.05, 3.63) is 252 Å². The van der Waals surface area contributed by atoms with Gasteiger partial charge in [0.1, 0.15) is 0 Å². The van der Waals surface area contributed by atoms with Crippen molar-refractivity contribution in [2.75, 3.05) is 0 Å². The smallest absolute Gasteiger partial charge is 0.0159 e. The summed E-state index contributed by atoms with van der Waals surface area (Å²) in [5.41, 5.74) is 19.7. The van der Waals surface area contributed by atoms with Crippen molar-refractivity contribution in [2.45, 2.75) is 19.3 Å². The molecule has 0 aliphatic heterocycles. The van der Waals surface area contributed by atoms with E-state index in [1.807, 2.05) is 0 Å². The van der Waals surface area contributed by atoms with Gasteiger partial charge >= 0.3 is 0 Å². The molecule has 0 heteroatoms. The van der Waals surface area contributed by atoms with E-state index in [0.29, 0.717) is 0 Å². The molecule has 0 unspecified atom stereocenters. The fraction of sp³-hybridized carbons (Fsp3) is 0.0476. The Morgan fingerprint density at radius 3 is 1.11 bits per heavy atom. The molecule has 10 aromatic carbocycles. The van der Waals surface area contributed by atoms with Gasteiger partial charge in [0.15, 0.2) is 0 Å². The van der Waals surface area contributed by atoms with E-state index in [9.17, 15) is 0 Å². The topological polar surface area (TPSA) is 0 Å². The minimum absolute atomic E-state index is 0.205. The summed E-state index contributed by atoms with van der Waals surface area (Å²) in [6.45, 7) is 4.79. The maximum absolute atomic E-state index is 2.45. The average Bonchev–Trinajstić information content (AvgIpc) is 3.57. The number of hydrogen-bond acceptors (Lipinski definition) is 0. The van der Waals surface area contributed by atoms with Gasteiger partial charge in [-0.05, 0) is 159 Å². The Morgan fingerprint density at radius 1 is 0.270 bits per heavy atom. The second-order valence-corrected chi connectivity index (χ2v) is 17.4. The quantitative estimate of drug-likeness (QED) is 0.134. The van der Waals surface area contributed by atoms with Crippen molar-refractivity contribution >= 4 is 45.8 Å². The SMILES string of the molecule is CC1(C)c2cc(-c3cc(/C=C/c4ccccc4)cc(-c4cccc5ccccc45)c3)ccc2-c2ccc(-c3cc(/C=C/c4ccccc4)cc(-c4cccc5ccccc45)c3)cc21. The first kappa shape index (κ1) is 38.1. The molecule has 0 saturated carbocycles. The van der Waals surface area contributed by atoms with Crippen molar-refractivity contribution in [3.63, 3.8) is 0 Å². The zero-order valence-corrected chi connectivity index (χ0v) is 35.6. The molecule has 0 heterocycles. The van der Waals surface area contributed by atoms with Gasteiger partial charge in [0.2, 0.25) is 0 Å². The van der Waals surface area contributed by atoms with E-state index in [1.165, 1.54) is 111 Å². The predicted octanol–water partition coefficient (Wildman–Crippen LogP) is 17.3. The Labute approximate surface area is 370 Å². The molecule has 0 spiro atoms. The Hall–Kier alpha value is -7.80. The monoisotopic (exact) mass is 802 g/mol. The van der Waals surface area contributed by atoms with Crippen LogP contribution in [0.3, 0.4) is 0 Å². The molecule has 0 nitrogen and oxygen atoms in total. The molecule has 0 amide bonds. The van der Waals surface area contributed by atoms with Gasteiger partial charge in [-0.25, -0.2) is 0 Å². The maximum Gasteiger partial charge on any atom is 0.0159 e. The highest BCUT2D eigenvalue weighted by atomic mass is 14.4. The second-order valence-electron chi connectivity index (χ2n) is 17.4. The Balaban J connectivity index is 0.999. The summed E-state index contributed by atoms with van der Waals surface area (Å²) in [6, 6.07) is 80.2. The molecule has 1 aliphatic carbocycles. The summed E-state index contributed by atoms with van der Waals surface area (Å²) in [4.78, 5) is 0. The van der Waals surface area contributed by atoms with Crippen LogP contribution in [0.25, 0.3) is 101 Å². The second kappa shape index (κ2) is 15.9. The van der Waals surface area contributed by atoms with E-state index >= 15 is 0 Å². The molecule has 298 valence electrons. The molecule has 0 saturated heterocycles. The number of hydrogen-bond donors (Lipinski definition) is 0. The van der Waals surface area contributed by atoms with E-state index in [1.54, 1.807) is 0 Å². The third-order valence-corrected chi connectivity index (χ3v) is 13.0. The van der Waals surface area contributed by atoms with Gasteiger partial charge in [0, 0.05) is 5.41 Å². The highest BCUT2D eigenvalue weighted by Gasteiger charge is 2.36. The van der Waals surface area contributed by atoms with Crippen molar-refractivity contribution in [1.29, 1.82) is 0 Å². The lowest BCUT2D eigenvalue weighted by molar-refractivity contribution is 0.661. The highest BCUT2D eigenvalue weighted by Crippen LogP contribution is 2.51. The van der Waals surface area contributed by atoms with Crippen LogP contribution < -0.4 is 0 Å². The van der Waals surface area contributed by atoms with Gasteiger partial charge in [-0.2, -0.15) is 0 Å². The fourth-order valence-electron chi connectivity index (χ4n) is 9.70. The minimum Gasteiger partial charge on any atom is -0.0622 e. The van der Waals surface area contributed by atoms with Crippen LogP contribution in [0.4, 0.5) is 0 Å². The van der Waals surface area contributed by atoms with Crippen LogP contribution >= 0.6 is 0 Å². The molecule has 10 aromatic rings. The summed E-state index contributed by atoms with van der Waals surface area (Å²) in [6.07, 6.45) is 8.93. The van der Waals surface area contributed by atoms with E-state index in [4.69, 9.17) is 0 Å². The number of benzene rings is 10. The lowest BCUT2D eigenvalue weighted by atomic mass is 9.80. The van der Waals surface area contributed by atoms with Crippen molar-refractivity contribution in [2.24, 2.45) is 0 Å². The molecule has 0 fully saturated rings. The van der Waals surface area contributed by atoms with Gasteiger partial charge in [0.25, 0.3) is 0 Å². The van der Waals surface area contributed by atoms with Crippen molar-refractivity contribution < 1.29 is 0 Å². The first-order chi connectivity index (χ1) is 30.9. The van der Waals surface area contributed by atoms with E-state index in [-0.39, 0.29) is 5.41 Å². The van der Waals surface area contributed by atoms with Crippen LogP contribution in [0.5, 0.6) is 0 Å². The molecule has 0 bridgehead atoms. The van der Waals surface area contributed by atoms with Gasteiger partial charge in [-0.1, -0.05) is 208 Å². The summed E-state index contributed by atoms with van der Waals surface area (Å²) in [5, 5.41) is 5.02. The van der Waals surface area contributed by atoms with E-state index in [0.717, 1.165) is 0 Å². The van der Waals surface area contributed by atoms with Gasteiger partial charge < -0.3 is 0 Å². The largest absolute Gasteiger partial charge is 0.0622 e. The summed E-state index contributed by atoms with van der Waals surface area (Å²) in [5.74, 6) is 0. The van der Waals surface area contributed by atoms with Crippen LogP contribution in [0.1, 0.15) is 47.2 Å².